The van der Waals surface area contributed by atoms with Gasteiger partial charge < -0.3 is 10.1 Å². The Morgan fingerprint density at radius 3 is 2.53 bits per heavy atom. The molecule has 0 radical (unpaired) electrons. The van der Waals surface area contributed by atoms with Crippen LogP contribution in [-0.4, -0.2) is 18.7 Å². The van der Waals surface area contributed by atoms with E-state index in [-0.39, 0.29) is 6.10 Å². The Kier molecular flexibility index (Phi) is 6.10. The molecule has 0 fully saturated rings. The first-order chi connectivity index (χ1) is 8.02. The molecule has 0 amide bonds. The van der Waals surface area contributed by atoms with Crippen LogP contribution in [0.4, 0.5) is 0 Å². The number of ether oxygens (including phenoxy) is 1. The van der Waals surface area contributed by atoms with Crippen LogP contribution in [0.3, 0.4) is 0 Å². The molecule has 1 rings (SSSR count). The predicted octanol–water partition coefficient (Wildman–Crippen LogP) is 4.15. The van der Waals surface area contributed by atoms with Crippen molar-refractivity contribution in [1.29, 1.82) is 0 Å². The molecule has 17 heavy (non-hydrogen) atoms. The topological polar surface area (TPSA) is 21.3 Å². The average molecular weight is 276 g/mol. The number of halogens is 2. The molecule has 4 heteroatoms. The Bertz CT molecular complexity index is 355. The van der Waals surface area contributed by atoms with Gasteiger partial charge in [0.25, 0.3) is 0 Å². The van der Waals surface area contributed by atoms with Gasteiger partial charge in [0, 0.05) is 17.6 Å². The van der Waals surface area contributed by atoms with Crippen LogP contribution in [0, 0.1) is 0 Å². The van der Waals surface area contributed by atoms with Crippen molar-refractivity contribution in [2.24, 2.45) is 0 Å². The van der Waals surface area contributed by atoms with E-state index in [1.807, 2.05) is 6.07 Å². The van der Waals surface area contributed by atoms with E-state index in [2.05, 4.69) is 26.1 Å². The minimum absolute atomic E-state index is 0.121. The van der Waals surface area contributed by atoms with E-state index in [1.165, 1.54) is 0 Å². The lowest BCUT2D eigenvalue weighted by Gasteiger charge is -2.20. The summed E-state index contributed by atoms with van der Waals surface area (Å²) in [4.78, 5) is 0. The van der Waals surface area contributed by atoms with Crippen molar-refractivity contribution in [2.45, 2.75) is 39.3 Å². The lowest BCUT2D eigenvalue weighted by atomic mass is 10.2. The van der Waals surface area contributed by atoms with E-state index in [0.717, 1.165) is 13.0 Å². The molecule has 0 aliphatic heterocycles. The third-order valence-corrected chi connectivity index (χ3v) is 2.93. The van der Waals surface area contributed by atoms with Gasteiger partial charge in [-0.1, -0.05) is 44.0 Å². The van der Waals surface area contributed by atoms with Crippen LogP contribution in [0.15, 0.2) is 18.2 Å². The molecule has 0 aliphatic carbocycles. The number of benzene rings is 1. The van der Waals surface area contributed by atoms with Crippen LogP contribution in [-0.2, 0) is 0 Å². The van der Waals surface area contributed by atoms with E-state index < -0.39 is 0 Å². The monoisotopic (exact) mass is 275 g/mol. The summed E-state index contributed by atoms with van der Waals surface area (Å²) >= 11 is 11.9. The van der Waals surface area contributed by atoms with Crippen LogP contribution >= 0.6 is 23.2 Å². The lowest BCUT2D eigenvalue weighted by molar-refractivity contribution is 0.190. The lowest BCUT2D eigenvalue weighted by Crippen LogP contribution is -2.34. The summed E-state index contributed by atoms with van der Waals surface area (Å²) < 4.78 is 5.85. The summed E-state index contributed by atoms with van der Waals surface area (Å²) in [6.07, 6.45) is 1.05. The normalized spacial score (nSPS) is 12.8. The maximum Gasteiger partial charge on any atom is 0.138 e. The van der Waals surface area contributed by atoms with E-state index in [0.29, 0.717) is 21.8 Å². The molecule has 1 aromatic rings. The zero-order chi connectivity index (χ0) is 12.8. The third-order valence-electron chi connectivity index (χ3n) is 2.40. The Balaban J connectivity index is 2.60. The van der Waals surface area contributed by atoms with Crippen LogP contribution in [0.5, 0.6) is 5.75 Å². The summed E-state index contributed by atoms with van der Waals surface area (Å²) in [7, 11) is 0. The van der Waals surface area contributed by atoms with Crippen molar-refractivity contribution in [1.82, 2.24) is 5.32 Å². The molecule has 0 heterocycles. The first-order valence-corrected chi connectivity index (χ1v) is 6.63. The molecule has 0 aliphatic rings. The molecule has 1 N–H and O–H groups in total. The van der Waals surface area contributed by atoms with E-state index in [1.54, 1.807) is 12.1 Å². The maximum absolute atomic E-state index is 6.06. The molecular formula is C13H19Cl2NO. The Morgan fingerprint density at radius 2 is 2.00 bits per heavy atom. The van der Waals surface area contributed by atoms with Gasteiger partial charge in [-0.25, -0.2) is 0 Å². The highest BCUT2D eigenvalue weighted by molar-refractivity contribution is 6.35. The summed E-state index contributed by atoms with van der Waals surface area (Å²) in [5.41, 5.74) is 0. The van der Waals surface area contributed by atoms with Gasteiger partial charge in [0.2, 0.25) is 0 Å². The van der Waals surface area contributed by atoms with Gasteiger partial charge in [-0.05, 0) is 24.6 Å². The molecule has 96 valence electrons. The predicted molar refractivity (Wildman–Crippen MR) is 74.3 cm³/mol. The van der Waals surface area contributed by atoms with E-state index >= 15 is 0 Å². The number of nitrogens with one attached hydrogen (secondary N) is 1. The van der Waals surface area contributed by atoms with Gasteiger partial charge in [-0.3, -0.25) is 0 Å². The number of rotatable bonds is 6. The van der Waals surface area contributed by atoms with Crippen molar-refractivity contribution in [3.8, 4) is 5.75 Å². The highest BCUT2D eigenvalue weighted by Gasteiger charge is 2.11. The highest BCUT2D eigenvalue weighted by Crippen LogP contribution is 2.28. The van der Waals surface area contributed by atoms with Crippen LogP contribution in [0.2, 0.25) is 10.0 Å². The van der Waals surface area contributed by atoms with Crippen molar-refractivity contribution in [3.05, 3.63) is 28.2 Å². The Labute approximate surface area is 113 Å². The molecule has 0 saturated heterocycles. The molecule has 1 unspecified atom stereocenters. The van der Waals surface area contributed by atoms with Crippen LogP contribution in [0.1, 0.15) is 27.2 Å². The summed E-state index contributed by atoms with van der Waals surface area (Å²) in [6, 6.07) is 5.74. The van der Waals surface area contributed by atoms with Crippen LogP contribution in [0.25, 0.3) is 0 Å². The summed E-state index contributed by atoms with van der Waals surface area (Å²) in [5.74, 6) is 0.688. The van der Waals surface area contributed by atoms with Gasteiger partial charge in [-0.15, -0.1) is 0 Å². The Hall–Kier alpha value is -0.440. The fourth-order valence-electron chi connectivity index (χ4n) is 1.39. The fourth-order valence-corrected chi connectivity index (χ4v) is 1.84. The number of hydrogen-bond donors (Lipinski definition) is 1. The molecule has 0 bridgehead atoms. The van der Waals surface area contributed by atoms with E-state index in [4.69, 9.17) is 27.9 Å². The SMILES string of the molecule is CCC(CNC(C)C)Oc1ccc(Cl)cc1Cl. The first-order valence-electron chi connectivity index (χ1n) is 5.88. The van der Waals surface area contributed by atoms with Gasteiger partial charge in [0.15, 0.2) is 0 Å². The Morgan fingerprint density at radius 1 is 1.29 bits per heavy atom. The quantitative estimate of drug-likeness (QED) is 0.842. The highest BCUT2D eigenvalue weighted by atomic mass is 35.5. The van der Waals surface area contributed by atoms with Crippen molar-refractivity contribution < 1.29 is 4.74 Å². The van der Waals surface area contributed by atoms with Crippen LogP contribution < -0.4 is 10.1 Å². The zero-order valence-electron chi connectivity index (χ0n) is 10.5. The molecule has 1 atom stereocenters. The second kappa shape index (κ2) is 7.10. The minimum Gasteiger partial charge on any atom is -0.488 e. The average Bonchev–Trinajstić information content (AvgIpc) is 2.26. The van der Waals surface area contributed by atoms with Gasteiger partial charge in [0.1, 0.15) is 11.9 Å². The standard InChI is InChI=1S/C13H19Cl2NO/c1-4-11(8-16-9(2)3)17-13-6-5-10(14)7-12(13)15/h5-7,9,11,16H,4,8H2,1-3H3. The van der Waals surface area contributed by atoms with Crippen molar-refractivity contribution in [2.75, 3.05) is 6.54 Å². The molecular weight excluding hydrogens is 257 g/mol. The smallest absolute Gasteiger partial charge is 0.138 e. The summed E-state index contributed by atoms with van der Waals surface area (Å²) in [5, 5.41) is 4.53. The molecule has 0 aromatic heterocycles. The van der Waals surface area contributed by atoms with E-state index in [9.17, 15) is 0 Å². The second-order valence-corrected chi connectivity index (χ2v) is 5.13. The minimum atomic E-state index is 0.121. The van der Waals surface area contributed by atoms with Gasteiger partial charge in [0.05, 0.1) is 5.02 Å². The van der Waals surface area contributed by atoms with Gasteiger partial charge >= 0.3 is 0 Å². The first kappa shape index (κ1) is 14.6. The maximum atomic E-state index is 6.06. The zero-order valence-corrected chi connectivity index (χ0v) is 12.0. The molecule has 1 aromatic carbocycles. The molecule has 0 spiro atoms. The van der Waals surface area contributed by atoms with Crippen molar-refractivity contribution in [3.63, 3.8) is 0 Å². The summed E-state index contributed by atoms with van der Waals surface area (Å²) in [6.45, 7) is 7.13. The third kappa shape index (κ3) is 5.15. The molecule has 0 saturated carbocycles. The van der Waals surface area contributed by atoms with Crippen molar-refractivity contribution >= 4 is 23.2 Å². The largest absolute Gasteiger partial charge is 0.488 e. The van der Waals surface area contributed by atoms with Gasteiger partial charge in [-0.2, -0.15) is 0 Å². The fraction of sp³-hybridized carbons (Fsp3) is 0.538. The second-order valence-electron chi connectivity index (χ2n) is 4.29. The molecule has 2 nitrogen and oxygen atoms in total. The number of hydrogen-bond acceptors (Lipinski definition) is 2.